The van der Waals surface area contributed by atoms with Crippen molar-refractivity contribution in [3.8, 4) is 0 Å². The maximum absolute atomic E-state index is 12.3. The molecule has 0 spiro atoms. The van der Waals surface area contributed by atoms with Crippen molar-refractivity contribution in [3.63, 3.8) is 0 Å². The highest BCUT2D eigenvalue weighted by atomic mass is 16.1. The molecule has 2 N–H and O–H groups in total. The fraction of sp³-hybridized carbons (Fsp3) is 0.412. The minimum Gasteiger partial charge on any atom is -0.345 e. The Labute approximate surface area is 126 Å². The molecule has 2 aromatic rings. The summed E-state index contributed by atoms with van der Waals surface area (Å²) in [6, 6.07) is 8.37. The largest absolute Gasteiger partial charge is 0.345 e. The van der Waals surface area contributed by atoms with Gasteiger partial charge in [0.2, 0.25) is 0 Å². The zero-order valence-electron chi connectivity index (χ0n) is 13.3. The molecule has 0 aliphatic rings. The van der Waals surface area contributed by atoms with Crippen molar-refractivity contribution < 1.29 is 4.79 Å². The fourth-order valence-electron chi connectivity index (χ4n) is 2.41. The second-order valence-corrected chi connectivity index (χ2v) is 5.83. The Morgan fingerprint density at radius 2 is 1.67 bits per heavy atom. The Balaban J connectivity index is 2.11. The highest BCUT2D eigenvalue weighted by molar-refractivity contribution is 5.96. The zero-order chi connectivity index (χ0) is 15.6. The molecule has 1 heterocycles. The van der Waals surface area contributed by atoms with Gasteiger partial charge < -0.3 is 5.32 Å². The normalized spacial score (nSPS) is 12.5. The molecule has 21 heavy (non-hydrogen) atoms. The second-order valence-electron chi connectivity index (χ2n) is 5.83. The third kappa shape index (κ3) is 3.32. The fourth-order valence-corrected chi connectivity index (χ4v) is 2.41. The number of rotatable bonds is 4. The van der Waals surface area contributed by atoms with Crippen LogP contribution >= 0.6 is 0 Å². The van der Waals surface area contributed by atoms with E-state index in [1.54, 1.807) is 0 Å². The van der Waals surface area contributed by atoms with Crippen LogP contribution in [0.25, 0.3) is 0 Å². The van der Waals surface area contributed by atoms with Crippen molar-refractivity contribution >= 4 is 5.91 Å². The molecule has 0 saturated carbocycles. The number of hydrogen-bond acceptors (Lipinski definition) is 2. The van der Waals surface area contributed by atoms with Crippen molar-refractivity contribution in [1.29, 1.82) is 0 Å². The van der Waals surface area contributed by atoms with Crippen LogP contribution in [0.2, 0.25) is 0 Å². The van der Waals surface area contributed by atoms with Crippen LogP contribution in [0.4, 0.5) is 0 Å². The van der Waals surface area contributed by atoms with Gasteiger partial charge in [0.05, 0.1) is 17.3 Å². The van der Waals surface area contributed by atoms with E-state index >= 15 is 0 Å². The number of nitrogens with zero attached hydrogens (tertiary/aromatic N) is 1. The lowest BCUT2D eigenvalue weighted by molar-refractivity contribution is 0.0938. The summed E-state index contributed by atoms with van der Waals surface area (Å²) in [7, 11) is 0. The number of amides is 1. The number of H-pyrrole nitrogens is 1. The molecular weight excluding hydrogens is 262 g/mol. The van der Waals surface area contributed by atoms with Crippen LogP contribution in [-0.4, -0.2) is 16.1 Å². The van der Waals surface area contributed by atoms with Crippen LogP contribution in [0.15, 0.2) is 24.3 Å². The Hall–Kier alpha value is -2.10. The van der Waals surface area contributed by atoms with E-state index in [1.165, 1.54) is 5.56 Å². The lowest BCUT2D eigenvalue weighted by Gasteiger charge is -2.15. The number of hydrogen-bond donors (Lipinski definition) is 2. The van der Waals surface area contributed by atoms with E-state index < -0.39 is 0 Å². The van der Waals surface area contributed by atoms with Gasteiger partial charge in [-0.15, -0.1) is 0 Å². The van der Waals surface area contributed by atoms with Gasteiger partial charge in [0.25, 0.3) is 5.91 Å². The lowest BCUT2D eigenvalue weighted by atomic mass is 9.99. The molecule has 0 saturated heterocycles. The highest BCUT2D eigenvalue weighted by Crippen LogP contribution is 2.19. The number of aromatic nitrogens is 2. The number of benzene rings is 1. The van der Waals surface area contributed by atoms with E-state index in [0.29, 0.717) is 11.5 Å². The zero-order valence-corrected chi connectivity index (χ0v) is 13.3. The van der Waals surface area contributed by atoms with E-state index in [1.807, 2.05) is 20.8 Å². The predicted octanol–water partition coefficient (Wildman–Crippen LogP) is 3.64. The summed E-state index contributed by atoms with van der Waals surface area (Å²) in [6.45, 7) is 10.0. The van der Waals surface area contributed by atoms with Gasteiger partial charge in [-0.25, -0.2) is 0 Å². The summed E-state index contributed by atoms with van der Waals surface area (Å²) < 4.78 is 0. The van der Waals surface area contributed by atoms with Gasteiger partial charge in [0.1, 0.15) is 0 Å². The predicted molar refractivity (Wildman–Crippen MR) is 84.5 cm³/mol. The Morgan fingerprint density at radius 1 is 1.10 bits per heavy atom. The van der Waals surface area contributed by atoms with Crippen molar-refractivity contribution in [1.82, 2.24) is 15.5 Å². The van der Waals surface area contributed by atoms with E-state index in [0.717, 1.165) is 17.0 Å². The maximum Gasteiger partial charge on any atom is 0.255 e. The van der Waals surface area contributed by atoms with Gasteiger partial charge in [-0.2, -0.15) is 5.10 Å². The summed E-state index contributed by atoms with van der Waals surface area (Å²) in [5.41, 5.74) is 4.57. The summed E-state index contributed by atoms with van der Waals surface area (Å²) >= 11 is 0. The van der Waals surface area contributed by atoms with Gasteiger partial charge in [-0.1, -0.05) is 38.1 Å². The molecule has 2 rings (SSSR count). The molecule has 0 aliphatic carbocycles. The molecule has 1 atom stereocenters. The van der Waals surface area contributed by atoms with Gasteiger partial charge >= 0.3 is 0 Å². The van der Waals surface area contributed by atoms with E-state index in [4.69, 9.17) is 0 Å². The van der Waals surface area contributed by atoms with E-state index in [-0.39, 0.29) is 11.9 Å². The number of carbonyl (C=O) groups excluding carboxylic acids is 1. The van der Waals surface area contributed by atoms with Gasteiger partial charge in [0, 0.05) is 5.69 Å². The smallest absolute Gasteiger partial charge is 0.255 e. The SMILES string of the molecule is Cc1n[nH]c(C)c1C(=O)NC(C)c1ccc(C(C)C)cc1. The first-order chi connectivity index (χ1) is 9.90. The third-order valence-corrected chi connectivity index (χ3v) is 3.81. The maximum atomic E-state index is 12.3. The minimum absolute atomic E-state index is 0.0348. The van der Waals surface area contributed by atoms with Crippen LogP contribution in [0.5, 0.6) is 0 Å². The molecule has 1 aromatic carbocycles. The first kappa shape index (κ1) is 15.3. The second kappa shape index (κ2) is 6.12. The molecular formula is C17H23N3O. The first-order valence-electron chi connectivity index (χ1n) is 7.32. The molecule has 0 fully saturated rings. The minimum atomic E-state index is -0.0841. The lowest BCUT2D eigenvalue weighted by Crippen LogP contribution is -2.27. The Morgan fingerprint density at radius 3 is 2.14 bits per heavy atom. The number of nitrogens with one attached hydrogen (secondary N) is 2. The van der Waals surface area contributed by atoms with E-state index in [9.17, 15) is 4.79 Å². The summed E-state index contributed by atoms with van der Waals surface area (Å²) in [5.74, 6) is 0.430. The Kier molecular flexibility index (Phi) is 4.46. The van der Waals surface area contributed by atoms with Crippen LogP contribution in [0, 0.1) is 13.8 Å². The Bertz CT molecular complexity index is 606. The van der Waals surface area contributed by atoms with Crippen LogP contribution < -0.4 is 5.32 Å². The first-order valence-corrected chi connectivity index (χ1v) is 7.32. The topological polar surface area (TPSA) is 57.8 Å². The van der Waals surface area contributed by atoms with Crippen molar-refractivity contribution in [3.05, 3.63) is 52.3 Å². The van der Waals surface area contributed by atoms with Gasteiger partial charge in [0.15, 0.2) is 0 Å². The molecule has 0 radical (unpaired) electrons. The summed E-state index contributed by atoms with van der Waals surface area (Å²) in [5, 5.41) is 9.93. The van der Waals surface area contributed by atoms with E-state index in [2.05, 4.69) is 53.6 Å². The molecule has 0 bridgehead atoms. The number of aromatic amines is 1. The van der Waals surface area contributed by atoms with Crippen LogP contribution in [-0.2, 0) is 0 Å². The van der Waals surface area contributed by atoms with Crippen molar-refractivity contribution in [2.45, 2.75) is 46.6 Å². The quantitative estimate of drug-likeness (QED) is 0.901. The molecule has 1 amide bonds. The van der Waals surface area contributed by atoms with Crippen molar-refractivity contribution in [2.75, 3.05) is 0 Å². The average Bonchev–Trinajstić information content (AvgIpc) is 2.78. The van der Waals surface area contributed by atoms with Crippen LogP contribution in [0.3, 0.4) is 0 Å². The molecule has 4 heteroatoms. The standard InChI is InChI=1S/C17H23N3O/c1-10(2)14-6-8-15(9-7-14)11(3)18-17(21)16-12(4)19-20-13(16)5/h6-11H,1-5H3,(H,18,21)(H,19,20). The highest BCUT2D eigenvalue weighted by Gasteiger charge is 2.17. The molecule has 112 valence electrons. The average molecular weight is 285 g/mol. The molecule has 1 unspecified atom stereocenters. The van der Waals surface area contributed by atoms with Gasteiger partial charge in [-0.3, -0.25) is 9.89 Å². The monoisotopic (exact) mass is 285 g/mol. The summed E-state index contributed by atoms with van der Waals surface area (Å²) in [4.78, 5) is 12.3. The van der Waals surface area contributed by atoms with Crippen molar-refractivity contribution in [2.24, 2.45) is 0 Å². The summed E-state index contributed by atoms with van der Waals surface area (Å²) in [6.07, 6.45) is 0. The number of carbonyl (C=O) groups is 1. The van der Waals surface area contributed by atoms with Gasteiger partial charge in [-0.05, 0) is 37.8 Å². The molecule has 0 aliphatic heterocycles. The molecule has 1 aromatic heterocycles. The number of aryl methyl sites for hydroxylation is 2. The van der Waals surface area contributed by atoms with Crippen LogP contribution in [0.1, 0.15) is 65.6 Å². The third-order valence-electron chi connectivity index (χ3n) is 3.81. The molecule has 4 nitrogen and oxygen atoms in total.